The Balaban J connectivity index is 1.04. The molecule has 0 radical (unpaired) electrons. The molecule has 19 heteroatoms. The van der Waals surface area contributed by atoms with E-state index in [-0.39, 0.29) is 54.0 Å². The number of aromatic nitrogens is 6. The van der Waals surface area contributed by atoms with Gasteiger partial charge in [-0.2, -0.15) is 13.2 Å². The van der Waals surface area contributed by atoms with Gasteiger partial charge in [0.15, 0.2) is 11.5 Å². The Morgan fingerprint density at radius 3 is 2.09 bits per heavy atom. The summed E-state index contributed by atoms with van der Waals surface area (Å²) >= 11 is 0. The molecule has 1 aromatic carbocycles. The van der Waals surface area contributed by atoms with Crippen LogP contribution in [-0.4, -0.2) is 103 Å². The van der Waals surface area contributed by atoms with Crippen LogP contribution in [0.3, 0.4) is 0 Å². The van der Waals surface area contributed by atoms with Crippen molar-refractivity contribution < 1.29 is 41.8 Å². The van der Waals surface area contributed by atoms with Crippen LogP contribution in [0.5, 0.6) is 0 Å². The number of hydrogen-bond acceptors (Lipinski definition) is 10. The molecule has 1 saturated heterocycles. The molecule has 3 aliphatic rings. The summed E-state index contributed by atoms with van der Waals surface area (Å²) in [5.74, 6) is 0.337. The summed E-state index contributed by atoms with van der Waals surface area (Å²) in [6.07, 6.45) is 3.91. The number of imidazole rings is 2. The molecular weight excluding hydrogens is 761 g/mol. The third kappa shape index (κ3) is 8.92. The van der Waals surface area contributed by atoms with E-state index < -0.39 is 42.0 Å². The highest BCUT2D eigenvalue weighted by Crippen LogP contribution is 2.39. The van der Waals surface area contributed by atoms with Crippen molar-refractivity contribution in [2.24, 2.45) is 11.8 Å². The minimum atomic E-state index is -4.79. The Bertz CT molecular complexity index is 2110. The van der Waals surface area contributed by atoms with E-state index in [4.69, 9.17) is 4.74 Å². The number of hydrogen-bond donors (Lipinski definition) is 4. The fourth-order valence-corrected chi connectivity index (χ4v) is 7.37. The fraction of sp³-hybridized carbons (Fsp3) is 0.487. The van der Waals surface area contributed by atoms with Crippen molar-refractivity contribution in [3.63, 3.8) is 0 Å². The van der Waals surface area contributed by atoms with E-state index in [9.17, 15) is 32.3 Å². The Morgan fingerprint density at radius 2 is 1.48 bits per heavy atom. The van der Waals surface area contributed by atoms with Crippen LogP contribution < -0.4 is 10.6 Å². The highest BCUT2D eigenvalue weighted by Gasteiger charge is 2.44. The summed E-state index contributed by atoms with van der Waals surface area (Å²) < 4.78 is 52.4. The van der Waals surface area contributed by atoms with Crippen LogP contribution in [0.15, 0.2) is 42.9 Å². The lowest BCUT2D eigenvalue weighted by Gasteiger charge is -2.28. The second-order valence-electron chi connectivity index (χ2n) is 14.8. The first-order valence-electron chi connectivity index (χ1n) is 19.3. The number of carbonyl (C=O) groups excluding carboxylic acids is 4. The van der Waals surface area contributed by atoms with Crippen molar-refractivity contribution in [3.8, 4) is 33.9 Å². The van der Waals surface area contributed by atoms with E-state index in [1.807, 2.05) is 6.92 Å². The molecule has 4 aromatic rings. The lowest BCUT2D eigenvalue weighted by Crippen LogP contribution is -2.49. The number of methoxy groups -OCH3 is 2. The smallest absolute Gasteiger partial charge is 0.435 e. The maximum atomic E-state index is 14.3. The lowest BCUT2D eigenvalue weighted by atomic mass is 10.1. The molecule has 1 aliphatic heterocycles. The predicted molar refractivity (Wildman–Crippen MR) is 201 cm³/mol. The number of likely N-dealkylation sites (tertiary alicyclic amines) is 1. The number of benzene rings is 1. The number of aromatic amines is 2. The van der Waals surface area contributed by atoms with Gasteiger partial charge in [0, 0.05) is 42.2 Å². The van der Waals surface area contributed by atoms with Gasteiger partial charge in [0.05, 0.1) is 44.4 Å². The van der Waals surface area contributed by atoms with Crippen molar-refractivity contribution in [1.29, 1.82) is 0 Å². The maximum absolute atomic E-state index is 14.3. The van der Waals surface area contributed by atoms with Crippen molar-refractivity contribution >= 4 is 24.0 Å². The van der Waals surface area contributed by atoms with Gasteiger partial charge >= 0.3 is 18.4 Å². The van der Waals surface area contributed by atoms with Gasteiger partial charge in [-0.05, 0) is 56.8 Å². The molecule has 7 rings (SSSR count). The van der Waals surface area contributed by atoms with E-state index in [0.717, 1.165) is 32.1 Å². The van der Waals surface area contributed by atoms with Crippen molar-refractivity contribution in [2.75, 3.05) is 27.3 Å². The highest BCUT2D eigenvalue weighted by atomic mass is 19.4. The summed E-state index contributed by atoms with van der Waals surface area (Å²) in [5.41, 5.74) is 0.690. The van der Waals surface area contributed by atoms with Crippen LogP contribution in [0.25, 0.3) is 33.9 Å². The molecule has 0 bridgehead atoms. The average molecular weight is 807 g/mol. The average Bonchev–Trinajstić information content (AvgIpc) is 4.09. The second kappa shape index (κ2) is 16.8. The molecule has 3 aromatic heterocycles. The molecule has 16 nitrogen and oxygen atoms in total. The predicted octanol–water partition coefficient (Wildman–Crippen LogP) is 5.61. The number of carbonyl (C=O) groups is 4. The standard InChI is InChI=1S/C39H45F3N10O6/c1-4-15-51(35(53)30(22-7-8-22)49-37(55)57-2)20-28-47-29(32(48-28)39(40,41)42)21-11-13-24(14-12-21)33-43-17-25(18-44-33)26-19-45-34(46-26)27-6-5-16-52(27)36(54)31(23-9-10-23)50-38(56)58-3/h11-14,17-19,22-23,27,30-31H,4-10,15-16,20H2,1-3H3,(H,45,46)(H,47,48)(H,49,55)(H,50,56)/t27-,30?,31?/m0/s1. The van der Waals surface area contributed by atoms with E-state index in [2.05, 4.69) is 45.3 Å². The number of halogens is 3. The number of rotatable bonds is 14. The Kier molecular flexibility index (Phi) is 11.7. The molecule has 2 aliphatic carbocycles. The van der Waals surface area contributed by atoms with Gasteiger partial charge in [-0.3, -0.25) is 9.59 Å². The summed E-state index contributed by atoms with van der Waals surface area (Å²) in [5, 5.41) is 5.28. The van der Waals surface area contributed by atoms with E-state index in [1.54, 1.807) is 35.6 Å². The van der Waals surface area contributed by atoms with Crippen LogP contribution in [0.2, 0.25) is 0 Å². The van der Waals surface area contributed by atoms with Crippen LogP contribution in [0.4, 0.5) is 22.8 Å². The zero-order valence-electron chi connectivity index (χ0n) is 32.3. The monoisotopic (exact) mass is 806 g/mol. The molecule has 4 N–H and O–H groups in total. The number of amides is 4. The first kappa shape index (κ1) is 40.2. The minimum Gasteiger partial charge on any atom is -0.453 e. The summed E-state index contributed by atoms with van der Waals surface area (Å²) in [7, 11) is 2.46. The number of alkyl carbamates (subject to hydrolysis) is 2. The quantitative estimate of drug-likeness (QED) is 0.124. The number of ether oxygens (including phenoxy) is 2. The molecule has 2 unspecified atom stereocenters. The van der Waals surface area contributed by atoms with Gasteiger partial charge < -0.3 is 39.9 Å². The molecule has 308 valence electrons. The van der Waals surface area contributed by atoms with Crippen LogP contribution >= 0.6 is 0 Å². The highest BCUT2D eigenvalue weighted by molar-refractivity contribution is 5.87. The number of H-pyrrole nitrogens is 2. The third-order valence-corrected chi connectivity index (χ3v) is 10.6. The van der Waals surface area contributed by atoms with Crippen LogP contribution in [0.1, 0.15) is 75.3 Å². The minimum absolute atomic E-state index is 0.0491. The van der Waals surface area contributed by atoms with Crippen molar-refractivity contribution in [1.82, 2.24) is 50.3 Å². The Morgan fingerprint density at radius 1 is 0.862 bits per heavy atom. The van der Waals surface area contributed by atoms with E-state index in [0.29, 0.717) is 47.9 Å². The normalized spacial score (nSPS) is 17.7. The molecule has 3 fully saturated rings. The van der Waals surface area contributed by atoms with Crippen molar-refractivity contribution in [3.05, 3.63) is 60.2 Å². The van der Waals surface area contributed by atoms with Gasteiger partial charge in [-0.25, -0.2) is 29.5 Å². The molecular formula is C39H45F3N10O6. The fourth-order valence-electron chi connectivity index (χ4n) is 7.37. The zero-order chi connectivity index (χ0) is 41.1. The summed E-state index contributed by atoms with van der Waals surface area (Å²) in [4.78, 5) is 77.7. The topological polar surface area (TPSA) is 200 Å². The van der Waals surface area contributed by atoms with Gasteiger partial charge in [-0.15, -0.1) is 0 Å². The lowest BCUT2D eigenvalue weighted by molar-refractivity contribution is -0.140. The first-order chi connectivity index (χ1) is 27.9. The van der Waals surface area contributed by atoms with E-state index in [1.165, 1.54) is 31.3 Å². The molecule has 58 heavy (non-hydrogen) atoms. The Labute approximate surface area is 331 Å². The number of alkyl halides is 3. The second-order valence-corrected chi connectivity index (χ2v) is 14.8. The first-order valence-corrected chi connectivity index (χ1v) is 19.3. The summed E-state index contributed by atoms with van der Waals surface area (Å²) in [6, 6.07) is 4.46. The largest absolute Gasteiger partial charge is 0.453 e. The molecule has 3 atom stereocenters. The SMILES string of the molecule is CCCN(Cc1nc(C(F)(F)F)c(-c2ccc(-c3ncc(-c4cnc([C@@H]5CCCN5C(=O)C(NC(=O)OC)C5CC5)[nH]4)cn3)cc2)[nH]1)C(=O)C(NC(=O)OC)C1CC1. The number of nitrogens with one attached hydrogen (secondary N) is 4. The molecule has 0 spiro atoms. The number of nitrogens with zero attached hydrogens (tertiary/aromatic N) is 6. The summed E-state index contributed by atoms with van der Waals surface area (Å²) in [6.45, 7) is 2.41. The van der Waals surface area contributed by atoms with Gasteiger partial charge in [0.2, 0.25) is 11.8 Å². The van der Waals surface area contributed by atoms with Crippen LogP contribution in [-0.2, 0) is 31.8 Å². The molecule has 4 heterocycles. The van der Waals surface area contributed by atoms with Gasteiger partial charge in [0.1, 0.15) is 23.7 Å². The molecule has 4 amide bonds. The van der Waals surface area contributed by atoms with E-state index >= 15 is 0 Å². The van der Waals surface area contributed by atoms with Gasteiger partial charge in [0.25, 0.3) is 0 Å². The Hall–Kier alpha value is -6.01. The molecule has 2 saturated carbocycles. The maximum Gasteiger partial charge on any atom is 0.435 e. The van der Waals surface area contributed by atoms with Crippen LogP contribution in [0, 0.1) is 11.8 Å². The van der Waals surface area contributed by atoms with Gasteiger partial charge in [-0.1, -0.05) is 31.2 Å². The third-order valence-electron chi connectivity index (χ3n) is 10.6. The van der Waals surface area contributed by atoms with Crippen molar-refractivity contribution in [2.45, 2.75) is 82.7 Å². The zero-order valence-corrected chi connectivity index (χ0v) is 32.3.